The van der Waals surface area contributed by atoms with Crippen LogP contribution in [0.15, 0.2) is 23.1 Å². The van der Waals surface area contributed by atoms with Crippen molar-refractivity contribution < 1.29 is 4.39 Å². The molecule has 0 radical (unpaired) electrons. The Kier molecular flexibility index (Phi) is 4.44. The van der Waals surface area contributed by atoms with Gasteiger partial charge in [-0.15, -0.1) is 11.8 Å². The van der Waals surface area contributed by atoms with E-state index in [2.05, 4.69) is 5.32 Å². The number of thioether (sulfide) groups is 1. The molecule has 1 heterocycles. The topological polar surface area (TPSA) is 12.0 Å². The van der Waals surface area contributed by atoms with E-state index in [0.29, 0.717) is 12.1 Å². The van der Waals surface area contributed by atoms with Crippen molar-refractivity contribution in [3.63, 3.8) is 0 Å². The monoisotopic (exact) mass is 279 g/mol. The molecule has 1 aliphatic heterocycles. The number of nitrogens with one attached hydrogen (secondary N) is 1. The normalized spacial score (nSPS) is 24.8. The maximum Gasteiger partial charge on any atom is 0.123 e. The molecular weight excluding hydrogens is 257 g/mol. The van der Waals surface area contributed by atoms with Crippen LogP contribution >= 0.6 is 11.8 Å². The van der Waals surface area contributed by atoms with Crippen molar-refractivity contribution in [1.29, 1.82) is 0 Å². The largest absolute Gasteiger partial charge is 0.307 e. The molecule has 1 atom stereocenters. The number of halogens is 1. The molecule has 0 aromatic heterocycles. The van der Waals surface area contributed by atoms with Crippen LogP contribution in [-0.4, -0.2) is 11.8 Å². The fraction of sp³-hybridized carbons (Fsp3) is 0.625. The second kappa shape index (κ2) is 6.27. The first-order valence-electron chi connectivity index (χ1n) is 7.51. The van der Waals surface area contributed by atoms with Crippen LogP contribution in [0.3, 0.4) is 0 Å². The number of hydrogen-bond donors (Lipinski definition) is 1. The van der Waals surface area contributed by atoms with Crippen molar-refractivity contribution in [2.45, 2.75) is 61.9 Å². The Bertz CT molecular complexity index is 427. The fourth-order valence-corrected chi connectivity index (χ4v) is 4.37. The van der Waals surface area contributed by atoms with Crippen LogP contribution in [0.1, 0.15) is 56.6 Å². The van der Waals surface area contributed by atoms with E-state index < -0.39 is 0 Å². The molecule has 1 unspecified atom stereocenters. The van der Waals surface area contributed by atoms with E-state index in [-0.39, 0.29) is 5.82 Å². The summed E-state index contributed by atoms with van der Waals surface area (Å²) in [6.45, 7) is 0. The van der Waals surface area contributed by atoms with Crippen LogP contribution in [0.25, 0.3) is 0 Å². The van der Waals surface area contributed by atoms with Gasteiger partial charge in [-0.3, -0.25) is 0 Å². The highest BCUT2D eigenvalue weighted by atomic mass is 32.2. The summed E-state index contributed by atoms with van der Waals surface area (Å²) in [6, 6.07) is 6.24. The van der Waals surface area contributed by atoms with Crippen molar-refractivity contribution in [1.82, 2.24) is 5.32 Å². The van der Waals surface area contributed by atoms with E-state index in [4.69, 9.17) is 0 Å². The average molecular weight is 279 g/mol. The average Bonchev–Trinajstić information content (AvgIpc) is 2.68. The van der Waals surface area contributed by atoms with Crippen molar-refractivity contribution in [3.8, 4) is 0 Å². The lowest BCUT2D eigenvalue weighted by Gasteiger charge is -2.30. The molecule has 1 aromatic carbocycles. The number of fused-ring (bicyclic) bond motifs is 1. The third kappa shape index (κ3) is 3.32. The minimum absolute atomic E-state index is 0.103. The Morgan fingerprint density at radius 2 is 1.84 bits per heavy atom. The van der Waals surface area contributed by atoms with Gasteiger partial charge in [0.2, 0.25) is 0 Å². The highest BCUT2D eigenvalue weighted by Crippen LogP contribution is 2.37. The molecule has 1 saturated carbocycles. The summed E-state index contributed by atoms with van der Waals surface area (Å²) in [4.78, 5) is 1.26. The maximum atomic E-state index is 13.5. The predicted molar refractivity (Wildman–Crippen MR) is 79.1 cm³/mol. The molecule has 3 rings (SSSR count). The van der Waals surface area contributed by atoms with Crippen LogP contribution in [-0.2, 0) is 0 Å². The highest BCUT2D eigenvalue weighted by Gasteiger charge is 2.24. The lowest BCUT2D eigenvalue weighted by Crippen LogP contribution is -2.34. The summed E-state index contributed by atoms with van der Waals surface area (Å²) in [5.41, 5.74) is 1.18. The Hall–Kier alpha value is -0.540. The molecule has 104 valence electrons. The molecule has 19 heavy (non-hydrogen) atoms. The van der Waals surface area contributed by atoms with E-state index in [1.807, 2.05) is 17.8 Å². The molecule has 1 fully saturated rings. The van der Waals surface area contributed by atoms with Gasteiger partial charge < -0.3 is 5.32 Å². The van der Waals surface area contributed by atoms with Gasteiger partial charge in [0, 0.05) is 17.0 Å². The minimum Gasteiger partial charge on any atom is -0.307 e. The molecule has 1 N–H and O–H groups in total. The van der Waals surface area contributed by atoms with E-state index in [1.165, 1.54) is 49.0 Å². The highest BCUT2D eigenvalue weighted by molar-refractivity contribution is 7.99. The van der Waals surface area contributed by atoms with Crippen LogP contribution < -0.4 is 5.32 Å². The van der Waals surface area contributed by atoms with Gasteiger partial charge in [0.25, 0.3) is 0 Å². The number of rotatable bonds is 2. The quantitative estimate of drug-likeness (QED) is 0.789. The molecule has 2 aliphatic rings. The summed E-state index contributed by atoms with van der Waals surface area (Å²) in [7, 11) is 0. The number of hydrogen-bond acceptors (Lipinski definition) is 2. The molecule has 1 aliphatic carbocycles. The summed E-state index contributed by atoms with van der Waals surface area (Å²) in [5.74, 6) is 1.04. The van der Waals surface area contributed by atoms with Gasteiger partial charge in [0.05, 0.1) is 0 Å². The van der Waals surface area contributed by atoms with Crippen molar-refractivity contribution in [3.05, 3.63) is 29.6 Å². The summed E-state index contributed by atoms with van der Waals surface area (Å²) in [6.07, 6.45) is 9.14. The second-order valence-electron chi connectivity index (χ2n) is 5.73. The van der Waals surface area contributed by atoms with E-state index in [0.717, 1.165) is 12.2 Å². The smallest absolute Gasteiger partial charge is 0.123 e. The Labute approximate surface area is 119 Å². The Morgan fingerprint density at radius 3 is 2.63 bits per heavy atom. The van der Waals surface area contributed by atoms with Gasteiger partial charge in [-0.05, 0) is 48.8 Å². The summed E-state index contributed by atoms with van der Waals surface area (Å²) in [5, 5.41) is 3.80. The SMILES string of the molecule is Fc1ccc2c(c1)C(NC1CCCCCC1)CCS2. The first-order valence-corrected chi connectivity index (χ1v) is 8.50. The lowest BCUT2D eigenvalue weighted by atomic mass is 10.0. The molecule has 0 spiro atoms. The Balaban J connectivity index is 1.73. The molecule has 0 amide bonds. The summed E-state index contributed by atoms with van der Waals surface area (Å²) >= 11 is 1.86. The maximum absolute atomic E-state index is 13.5. The van der Waals surface area contributed by atoms with Gasteiger partial charge in [-0.2, -0.15) is 0 Å². The predicted octanol–water partition coefficient (Wildman–Crippen LogP) is 4.68. The zero-order valence-electron chi connectivity index (χ0n) is 11.3. The van der Waals surface area contributed by atoms with Gasteiger partial charge in [0.1, 0.15) is 5.82 Å². The van der Waals surface area contributed by atoms with Gasteiger partial charge in [-0.1, -0.05) is 25.7 Å². The number of benzene rings is 1. The van der Waals surface area contributed by atoms with E-state index in [9.17, 15) is 4.39 Å². The second-order valence-corrected chi connectivity index (χ2v) is 6.86. The van der Waals surface area contributed by atoms with Crippen LogP contribution in [0.4, 0.5) is 4.39 Å². The third-order valence-electron chi connectivity index (χ3n) is 4.30. The Morgan fingerprint density at radius 1 is 1.05 bits per heavy atom. The van der Waals surface area contributed by atoms with Crippen molar-refractivity contribution >= 4 is 11.8 Å². The third-order valence-corrected chi connectivity index (χ3v) is 5.43. The van der Waals surface area contributed by atoms with Crippen LogP contribution in [0, 0.1) is 5.82 Å². The van der Waals surface area contributed by atoms with Gasteiger partial charge >= 0.3 is 0 Å². The molecule has 1 aromatic rings. The molecule has 3 heteroatoms. The first kappa shape index (κ1) is 13.4. The molecule has 0 bridgehead atoms. The van der Waals surface area contributed by atoms with Gasteiger partial charge in [-0.25, -0.2) is 4.39 Å². The molecule has 0 saturated heterocycles. The molecular formula is C16H22FNS. The lowest BCUT2D eigenvalue weighted by molar-refractivity contribution is 0.387. The van der Waals surface area contributed by atoms with Crippen molar-refractivity contribution in [2.75, 3.05) is 5.75 Å². The minimum atomic E-state index is -0.103. The van der Waals surface area contributed by atoms with Gasteiger partial charge in [0.15, 0.2) is 0 Å². The fourth-order valence-electron chi connectivity index (χ4n) is 3.27. The van der Waals surface area contributed by atoms with Crippen LogP contribution in [0.5, 0.6) is 0 Å². The zero-order chi connectivity index (χ0) is 13.1. The van der Waals surface area contributed by atoms with E-state index in [1.54, 1.807) is 12.1 Å². The van der Waals surface area contributed by atoms with E-state index >= 15 is 0 Å². The standard InChI is InChI=1S/C16H22FNS/c17-12-7-8-16-14(11-12)15(9-10-19-16)18-13-5-3-1-2-4-6-13/h7-8,11,13,15,18H,1-6,9-10H2. The van der Waals surface area contributed by atoms with Crippen molar-refractivity contribution in [2.24, 2.45) is 0 Å². The molecule has 1 nitrogen and oxygen atoms in total. The summed E-state index contributed by atoms with van der Waals surface area (Å²) < 4.78 is 13.5. The first-order chi connectivity index (χ1) is 9.33. The zero-order valence-corrected chi connectivity index (χ0v) is 12.1. The van der Waals surface area contributed by atoms with Crippen LogP contribution in [0.2, 0.25) is 0 Å².